The number of fused-ring (bicyclic) bond motifs is 4. The van der Waals surface area contributed by atoms with E-state index in [9.17, 15) is 4.39 Å². The van der Waals surface area contributed by atoms with E-state index in [0.717, 1.165) is 18.4 Å². The molecule has 0 atom stereocenters. The van der Waals surface area contributed by atoms with Gasteiger partial charge in [0.15, 0.2) is 0 Å². The molecule has 2 aromatic carbocycles. The molecule has 110 valence electrons. The molecule has 0 fully saturated rings. The lowest BCUT2D eigenvalue weighted by molar-refractivity contribution is 0.479. The van der Waals surface area contributed by atoms with Gasteiger partial charge in [0.2, 0.25) is 0 Å². The largest absolute Gasteiger partial charge is 0.207 e. The summed E-state index contributed by atoms with van der Waals surface area (Å²) >= 11 is 0. The molecule has 0 aromatic heterocycles. The fraction of sp³-hybridized carbons (Fsp3) is 0.238. The zero-order valence-electron chi connectivity index (χ0n) is 13.0. The van der Waals surface area contributed by atoms with E-state index in [1.807, 2.05) is 6.07 Å². The topological polar surface area (TPSA) is 0 Å². The Hall–Kier alpha value is -2.15. The molecule has 0 saturated heterocycles. The average molecular weight is 290 g/mol. The van der Waals surface area contributed by atoms with Crippen LogP contribution >= 0.6 is 0 Å². The molecule has 2 aromatic rings. The van der Waals surface area contributed by atoms with Crippen LogP contribution in [0.25, 0.3) is 17.7 Å². The third-order valence-electron chi connectivity index (χ3n) is 5.39. The van der Waals surface area contributed by atoms with Crippen molar-refractivity contribution in [2.24, 2.45) is 0 Å². The molecule has 0 aliphatic heterocycles. The van der Waals surface area contributed by atoms with Crippen LogP contribution in [0.3, 0.4) is 0 Å². The molecule has 0 spiro atoms. The first kappa shape index (κ1) is 13.5. The Bertz CT molecular complexity index is 820. The monoisotopic (exact) mass is 290 g/mol. The lowest BCUT2D eigenvalue weighted by Gasteiger charge is -2.39. The highest BCUT2D eigenvalue weighted by Gasteiger charge is 2.41. The third-order valence-corrected chi connectivity index (χ3v) is 5.39. The second-order valence-electron chi connectivity index (χ2n) is 6.22. The predicted molar refractivity (Wildman–Crippen MR) is 91.0 cm³/mol. The minimum absolute atomic E-state index is 0.00780. The molecular formula is C21H19F. The Labute approximate surface area is 131 Å². The molecule has 0 nitrogen and oxygen atoms in total. The summed E-state index contributed by atoms with van der Waals surface area (Å²) in [5, 5.41) is 0. The van der Waals surface area contributed by atoms with E-state index in [-0.39, 0.29) is 11.2 Å². The Morgan fingerprint density at radius 2 is 1.68 bits per heavy atom. The van der Waals surface area contributed by atoms with E-state index in [2.05, 4.69) is 50.3 Å². The van der Waals surface area contributed by atoms with E-state index < -0.39 is 0 Å². The lowest BCUT2D eigenvalue weighted by atomic mass is 9.64. The van der Waals surface area contributed by atoms with Crippen molar-refractivity contribution in [1.82, 2.24) is 0 Å². The van der Waals surface area contributed by atoms with Crippen LogP contribution < -0.4 is 0 Å². The molecule has 0 heterocycles. The van der Waals surface area contributed by atoms with Gasteiger partial charge in [-0.15, -0.1) is 0 Å². The van der Waals surface area contributed by atoms with Crippen LogP contribution in [0.5, 0.6) is 0 Å². The number of halogens is 1. The van der Waals surface area contributed by atoms with Gasteiger partial charge in [-0.1, -0.05) is 44.2 Å². The Balaban J connectivity index is 2.06. The van der Waals surface area contributed by atoms with Gasteiger partial charge in [0.05, 0.1) is 0 Å². The van der Waals surface area contributed by atoms with Crippen molar-refractivity contribution in [3.05, 3.63) is 76.1 Å². The molecule has 0 amide bonds. The van der Waals surface area contributed by atoms with Crippen molar-refractivity contribution in [3.8, 4) is 0 Å². The zero-order chi connectivity index (χ0) is 15.3. The van der Waals surface area contributed by atoms with E-state index in [1.54, 1.807) is 12.1 Å². The van der Waals surface area contributed by atoms with Crippen molar-refractivity contribution < 1.29 is 4.39 Å². The highest BCUT2D eigenvalue weighted by Crippen LogP contribution is 2.54. The maximum absolute atomic E-state index is 13.8. The second kappa shape index (κ2) is 4.67. The normalized spacial score (nSPS) is 17.2. The van der Waals surface area contributed by atoms with Gasteiger partial charge in [0, 0.05) is 5.41 Å². The highest BCUT2D eigenvalue weighted by atomic mass is 19.1. The molecular weight excluding hydrogens is 271 g/mol. The zero-order valence-corrected chi connectivity index (χ0v) is 13.0. The number of hydrogen-bond donors (Lipinski definition) is 0. The van der Waals surface area contributed by atoms with E-state index in [1.165, 1.54) is 27.8 Å². The molecule has 0 radical (unpaired) electrons. The molecule has 2 aliphatic rings. The molecule has 0 unspecified atom stereocenters. The average Bonchev–Trinajstić information content (AvgIpc) is 2.91. The molecule has 22 heavy (non-hydrogen) atoms. The van der Waals surface area contributed by atoms with Gasteiger partial charge in [0.25, 0.3) is 0 Å². The van der Waals surface area contributed by atoms with Crippen LogP contribution in [0.1, 0.15) is 48.9 Å². The van der Waals surface area contributed by atoms with E-state index >= 15 is 0 Å². The van der Waals surface area contributed by atoms with Crippen LogP contribution in [-0.4, -0.2) is 0 Å². The molecule has 0 bridgehead atoms. The molecule has 1 heteroatoms. The van der Waals surface area contributed by atoms with Gasteiger partial charge >= 0.3 is 0 Å². The minimum atomic E-state index is -0.157. The fourth-order valence-corrected chi connectivity index (χ4v) is 4.20. The van der Waals surface area contributed by atoms with Gasteiger partial charge in [0.1, 0.15) is 5.82 Å². The molecule has 0 saturated carbocycles. The van der Waals surface area contributed by atoms with Crippen molar-refractivity contribution in [1.29, 1.82) is 0 Å². The maximum atomic E-state index is 13.8. The van der Waals surface area contributed by atoms with Crippen LogP contribution in [0.2, 0.25) is 0 Å². The Morgan fingerprint density at radius 1 is 0.909 bits per heavy atom. The van der Waals surface area contributed by atoms with Gasteiger partial charge < -0.3 is 0 Å². The maximum Gasteiger partial charge on any atom is 0.123 e. The Morgan fingerprint density at radius 3 is 2.45 bits per heavy atom. The SMILES string of the molecule is CCC1(CC)C2=Cc3ccccc3C2=Cc2cc(F)ccc21. The lowest BCUT2D eigenvalue weighted by Crippen LogP contribution is -2.30. The van der Waals surface area contributed by atoms with Gasteiger partial charge in [-0.3, -0.25) is 0 Å². The summed E-state index contributed by atoms with van der Waals surface area (Å²) in [4.78, 5) is 0. The van der Waals surface area contributed by atoms with Gasteiger partial charge in [-0.2, -0.15) is 0 Å². The number of benzene rings is 2. The second-order valence-corrected chi connectivity index (χ2v) is 6.22. The van der Waals surface area contributed by atoms with Crippen molar-refractivity contribution >= 4 is 17.7 Å². The summed E-state index contributed by atoms with van der Waals surface area (Å²) < 4.78 is 13.8. The van der Waals surface area contributed by atoms with Gasteiger partial charge in [-0.05, 0) is 70.5 Å². The molecule has 0 N–H and O–H groups in total. The van der Waals surface area contributed by atoms with Crippen molar-refractivity contribution in [2.75, 3.05) is 0 Å². The van der Waals surface area contributed by atoms with Crippen molar-refractivity contribution in [3.63, 3.8) is 0 Å². The summed E-state index contributed by atoms with van der Waals surface area (Å²) in [6, 6.07) is 13.8. The predicted octanol–water partition coefficient (Wildman–Crippen LogP) is 5.83. The number of rotatable bonds is 2. The summed E-state index contributed by atoms with van der Waals surface area (Å²) in [6.45, 7) is 4.48. The van der Waals surface area contributed by atoms with E-state index in [0.29, 0.717) is 0 Å². The van der Waals surface area contributed by atoms with Crippen LogP contribution in [0, 0.1) is 5.82 Å². The molecule has 2 aliphatic carbocycles. The summed E-state index contributed by atoms with van der Waals surface area (Å²) in [6.07, 6.45) is 6.55. The summed E-state index contributed by atoms with van der Waals surface area (Å²) in [5.41, 5.74) is 7.53. The first-order chi connectivity index (χ1) is 10.7. The van der Waals surface area contributed by atoms with Crippen LogP contribution in [0.4, 0.5) is 4.39 Å². The van der Waals surface area contributed by atoms with Crippen LogP contribution in [0.15, 0.2) is 48.0 Å². The smallest absolute Gasteiger partial charge is 0.123 e. The fourth-order valence-electron chi connectivity index (χ4n) is 4.20. The third kappa shape index (κ3) is 1.62. The standard InChI is InChI=1S/C21H19F/c1-3-21(4-2)19-10-9-16(22)11-15(19)12-18-17-8-6-5-7-14(17)13-20(18)21/h5-13H,3-4H2,1-2H3. The summed E-state index contributed by atoms with van der Waals surface area (Å²) in [7, 11) is 0. The minimum Gasteiger partial charge on any atom is -0.207 e. The van der Waals surface area contributed by atoms with Crippen molar-refractivity contribution in [2.45, 2.75) is 32.1 Å². The van der Waals surface area contributed by atoms with Crippen LogP contribution in [-0.2, 0) is 5.41 Å². The molecule has 4 rings (SSSR count). The Kier molecular flexibility index (Phi) is 2.87. The number of hydrogen-bond acceptors (Lipinski definition) is 0. The summed E-state index contributed by atoms with van der Waals surface area (Å²) in [5.74, 6) is -0.157. The van der Waals surface area contributed by atoms with E-state index in [4.69, 9.17) is 0 Å². The quantitative estimate of drug-likeness (QED) is 0.652. The highest BCUT2D eigenvalue weighted by molar-refractivity contribution is 6.05. The first-order valence-electron chi connectivity index (χ1n) is 8.03. The number of allylic oxidation sites excluding steroid dienone is 2. The van der Waals surface area contributed by atoms with Gasteiger partial charge in [-0.25, -0.2) is 4.39 Å². The first-order valence-corrected chi connectivity index (χ1v) is 8.03.